The van der Waals surface area contributed by atoms with Gasteiger partial charge < -0.3 is 14.3 Å². The number of rotatable bonds is 3. The molecule has 22 heavy (non-hydrogen) atoms. The number of nitrogens with zero attached hydrogens (tertiary/aromatic N) is 3. The highest BCUT2D eigenvalue weighted by Crippen LogP contribution is 2.27. The molecule has 112 valence electrons. The molecule has 3 heterocycles. The molecule has 5 heteroatoms. The number of hydrogen-bond acceptors (Lipinski definition) is 4. The molecule has 1 N–H and O–H groups in total. The molecule has 1 aliphatic rings. The van der Waals surface area contributed by atoms with Crippen molar-refractivity contribution in [2.45, 2.75) is 18.9 Å². The SMILES string of the molecule is c1ccc(-c2nc(-c3nccn3[C@@H]3CCCNC3)co2)cc1. The van der Waals surface area contributed by atoms with E-state index in [0.29, 0.717) is 11.9 Å². The Bertz CT molecular complexity index is 741. The van der Waals surface area contributed by atoms with Crippen LogP contribution in [0.3, 0.4) is 0 Å². The maximum atomic E-state index is 5.64. The van der Waals surface area contributed by atoms with Gasteiger partial charge in [0.1, 0.15) is 12.0 Å². The van der Waals surface area contributed by atoms with E-state index in [1.54, 1.807) is 6.26 Å². The van der Waals surface area contributed by atoms with Crippen LogP contribution in [0.15, 0.2) is 53.4 Å². The first-order valence-corrected chi connectivity index (χ1v) is 7.67. The van der Waals surface area contributed by atoms with Crippen molar-refractivity contribution in [2.24, 2.45) is 0 Å². The highest BCUT2D eigenvalue weighted by atomic mass is 16.3. The van der Waals surface area contributed by atoms with Crippen LogP contribution in [0.4, 0.5) is 0 Å². The van der Waals surface area contributed by atoms with Gasteiger partial charge in [0, 0.05) is 30.5 Å². The monoisotopic (exact) mass is 294 g/mol. The normalized spacial score (nSPS) is 18.5. The summed E-state index contributed by atoms with van der Waals surface area (Å²) in [5.74, 6) is 1.51. The zero-order chi connectivity index (χ0) is 14.8. The summed E-state index contributed by atoms with van der Waals surface area (Å²) in [6.45, 7) is 2.08. The summed E-state index contributed by atoms with van der Waals surface area (Å²) >= 11 is 0. The molecule has 0 aliphatic carbocycles. The minimum Gasteiger partial charge on any atom is -0.444 e. The van der Waals surface area contributed by atoms with Crippen LogP contribution < -0.4 is 5.32 Å². The summed E-state index contributed by atoms with van der Waals surface area (Å²) in [4.78, 5) is 9.09. The van der Waals surface area contributed by atoms with Gasteiger partial charge in [-0.2, -0.15) is 0 Å². The Balaban J connectivity index is 1.66. The molecule has 0 spiro atoms. The van der Waals surface area contributed by atoms with Crippen molar-refractivity contribution in [1.29, 1.82) is 0 Å². The molecule has 3 aromatic rings. The minimum atomic E-state index is 0.433. The van der Waals surface area contributed by atoms with Gasteiger partial charge in [0.25, 0.3) is 0 Å². The van der Waals surface area contributed by atoms with Crippen molar-refractivity contribution in [3.05, 3.63) is 49.0 Å². The van der Waals surface area contributed by atoms with Crippen molar-refractivity contribution in [3.8, 4) is 23.0 Å². The molecule has 1 atom stereocenters. The third-order valence-electron chi connectivity index (χ3n) is 4.09. The number of imidazole rings is 1. The smallest absolute Gasteiger partial charge is 0.226 e. The van der Waals surface area contributed by atoms with E-state index in [0.717, 1.165) is 30.2 Å². The van der Waals surface area contributed by atoms with E-state index < -0.39 is 0 Å². The molecule has 0 bridgehead atoms. The van der Waals surface area contributed by atoms with Crippen molar-refractivity contribution in [3.63, 3.8) is 0 Å². The van der Waals surface area contributed by atoms with E-state index in [4.69, 9.17) is 4.42 Å². The van der Waals surface area contributed by atoms with Gasteiger partial charge in [-0.05, 0) is 31.5 Å². The lowest BCUT2D eigenvalue weighted by atomic mass is 10.1. The van der Waals surface area contributed by atoms with Crippen molar-refractivity contribution >= 4 is 0 Å². The van der Waals surface area contributed by atoms with Crippen LogP contribution in [0, 0.1) is 0 Å². The zero-order valence-electron chi connectivity index (χ0n) is 12.3. The molecule has 1 saturated heterocycles. The summed E-state index contributed by atoms with van der Waals surface area (Å²) in [6.07, 6.45) is 7.91. The van der Waals surface area contributed by atoms with Crippen molar-refractivity contribution in [2.75, 3.05) is 13.1 Å². The fraction of sp³-hybridized carbons (Fsp3) is 0.294. The average Bonchev–Trinajstić information content (AvgIpc) is 3.25. The van der Waals surface area contributed by atoms with Gasteiger partial charge in [0.15, 0.2) is 5.82 Å². The van der Waals surface area contributed by atoms with E-state index >= 15 is 0 Å². The van der Waals surface area contributed by atoms with Crippen molar-refractivity contribution < 1.29 is 4.42 Å². The third-order valence-corrected chi connectivity index (χ3v) is 4.09. The summed E-state index contributed by atoms with van der Waals surface area (Å²) in [5, 5.41) is 3.44. The number of benzene rings is 1. The van der Waals surface area contributed by atoms with Gasteiger partial charge in [-0.1, -0.05) is 18.2 Å². The third kappa shape index (κ3) is 2.44. The van der Waals surface area contributed by atoms with Crippen LogP contribution >= 0.6 is 0 Å². The zero-order valence-corrected chi connectivity index (χ0v) is 12.3. The molecule has 1 aliphatic heterocycles. The highest BCUT2D eigenvalue weighted by molar-refractivity contribution is 5.58. The lowest BCUT2D eigenvalue weighted by molar-refractivity contribution is 0.373. The lowest BCUT2D eigenvalue weighted by Gasteiger charge is -2.25. The Kier molecular flexibility index (Phi) is 3.48. The molecule has 0 unspecified atom stereocenters. The summed E-state index contributed by atoms with van der Waals surface area (Å²) < 4.78 is 7.84. The molecule has 5 nitrogen and oxygen atoms in total. The van der Waals surface area contributed by atoms with Gasteiger partial charge in [-0.25, -0.2) is 9.97 Å². The van der Waals surface area contributed by atoms with E-state index in [9.17, 15) is 0 Å². The van der Waals surface area contributed by atoms with Crippen LogP contribution in [-0.4, -0.2) is 27.6 Å². The number of aromatic nitrogens is 3. The number of piperidine rings is 1. The maximum absolute atomic E-state index is 5.64. The fourth-order valence-electron chi connectivity index (χ4n) is 2.97. The van der Waals surface area contributed by atoms with E-state index in [-0.39, 0.29) is 0 Å². The van der Waals surface area contributed by atoms with Gasteiger partial charge >= 0.3 is 0 Å². The second-order valence-corrected chi connectivity index (χ2v) is 5.56. The Hall–Kier alpha value is -2.40. The molecule has 0 amide bonds. The second kappa shape index (κ2) is 5.77. The maximum Gasteiger partial charge on any atom is 0.226 e. The first-order chi connectivity index (χ1) is 10.9. The molecule has 2 aromatic heterocycles. The summed E-state index contributed by atoms with van der Waals surface area (Å²) in [5.41, 5.74) is 1.76. The second-order valence-electron chi connectivity index (χ2n) is 5.56. The molecule has 4 rings (SSSR count). The average molecular weight is 294 g/mol. The van der Waals surface area contributed by atoms with Crippen LogP contribution in [0.1, 0.15) is 18.9 Å². The summed E-state index contributed by atoms with van der Waals surface area (Å²) in [6, 6.07) is 10.4. The Morgan fingerprint density at radius 3 is 2.95 bits per heavy atom. The van der Waals surface area contributed by atoms with E-state index in [2.05, 4.69) is 19.9 Å². The predicted molar refractivity (Wildman–Crippen MR) is 84.3 cm³/mol. The highest BCUT2D eigenvalue weighted by Gasteiger charge is 2.20. The topological polar surface area (TPSA) is 55.9 Å². The van der Waals surface area contributed by atoms with E-state index in [1.807, 2.05) is 42.7 Å². The largest absolute Gasteiger partial charge is 0.444 e. The molecular formula is C17H18N4O. The number of oxazole rings is 1. The fourth-order valence-corrected chi connectivity index (χ4v) is 2.97. The van der Waals surface area contributed by atoms with Gasteiger partial charge in [-0.3, -0.25) is 0 Å². The van der Waals surface area contributed by atoms with Crippen LogP contribution in [0.2, 0.25) is 0 Å². The van der Waals surface area contributed by atoms with Gasteiger partial charge in [-0.15, -0.1) is 0 Å². The minimum absolute atomic E-state index is 0.433. The van der Waals surface area contributed by atoms with E-state index in [1.165, 1.54) is 12.8 Å². The number of nitrogens with one attached hydrogen (secondary N) is 1. The Morgan fingerprint density at radius 1 is 1.23 bits per heavy atom. The predicted octanol–water partition coefficient (Wildman–Crippen LogP) is 3.13. The quantitative estimate of drug-likeness (QED) is 0.806. The molecule has 1 aromatic carbocycles. The van der Waals surface area contributed by atoms with Crippen molar-refractivity contribution in [1.82, 2.24) is 19.9 Å². The van der Waals surface area contributed by atoms with Crippen LogP contribution in [0.5, 0.6) is 0 Å². The Morgan fingerprint density at radius 2 is 2.14 bits per heavy atom. The Labute approximate surface area is 129 Å². The first-order valence-electron chi connectivity index (χ1n) is 7.67. The number of hydrogen-bond donors (Lipinski definition) is 1. The first kappa shape index (κ1) is 13.3. The molecular weight excluding hydrogens is 276 g/mol. The molecule has 1 fully saturated rings. The standard InChI is InChI=1S/C17H18N4O/c1-2-5-13(6-3-1)17-20-15(12-22-17)16-19-9-10-21(16)14-7-4-8-18-11-14/h1-3,5-6,9-10,12,14,18H,4,7-8,11H2/t14-/m1/s1. The molecule has 0 saturated carbocycles. The van der Waals surface area contributed by atoms with Gasteiger partial charge in [0.2, 0.25) is 5.89 Å². The summed E-state index contributed by atoms with van der Waals surface area (Å²) in [7, 11) is 0. The van der Waals surface area contributed by atoms with Crippen LogP contribution in [-0.2, 0) is 0 Å². The van der Waals surface area contributed by atoms with Gasteiger partial charge in [0.05, 0.1) is 0 Å². The van der Waals surface area contributed by atoms with Crippen LogP contribution in [0.25, 0.3) is 23.0 Å². The lowest BCUT2D eigenvalue weighted by Crippen LogP contribution is -2.31. The molecule has 0 radical (unpaired) electrons.